The number of hydrogen-bond donors (Lipinski definition) is 2. The number of aromatic nitrogens is 3. The van der Waals surface area contributed by atoms with Gasteiger partial charge < -0.3 is 24.3 Å². The number of pyridine rings is 1. The summed E-state index contributed by atoms with van der Waals surface area (Å²) < 4.78 is 51.2. The molecular weight excluding hydrogens is 595 g/mol. The highest BCUT2D eigenvalue weighted by Gasteiger charge is 2.35. The van der Waals surface area contributed by atoms with E-state index in [-0.39, 0.29) is 17.3 Å². The third-order valence-electron chi connectivity index (χ3n) is 8.60. The number of carbonyl (C=O) groups excluding carboxylic acids is 2. The summed E-state index contributed by atoms with van der Waals surface area (Å²) >= 11 is 0. The Hall–Kier alpha value is -4.74. The van der Waals surface area contributed by atoms with Crippen LogP contribution in [0.5, 0.6) is 0 Å². The second-order valence-electron chi connectivity index (χ2n) is 11.6. The fraction of sp³-hybridized carbons (Fsp3) is 0.286. The van der Waals surface area contributed by atoms with Crippen molar-refractivity contribution in [3.8, 4) is 11.1 Å². The van der Waals surface area contributed by atoms with Gasteiger partial charge in [-0.05, 0) is 85.8 Å². The average molecular weight is 630 g/mol. The van der Waals surface area contributed by atoms with Crippen LogP contribution in [-0.4, -0.2) is 51.4 Å². The number of halogens is 3. The molecule has 238 valence electrons. The first-order chi connectivity index (χ1) is 22.1. The number of amides is 1. The Morgan fingerprint density at radius 2 is 1.76 bits per heavy atom. The number of methoxy groups -OCH3 is 1. The van der Waals surface area contributed by atoms with Gasteiger partial charge in [-0.2, -0.15) is 13.2 Å². The molecule has 8 nitrogen and oxygen atoms in total. The van der Waals surface area contributed by atoms with Crippen molar-refractivity contribution in [2.45, 2.75) is 44.0 Å². The molecule has 2 N–H and O–H groups in total. The van der Waals surface area contributed by atoms with Gasteiger partial charge >= 0.3 is 6.18 Å². The van der Waals surface area contributed by atoms with Crippen LogP contribution in [0, 0.1) is 0 Å². The van der Waals surface area contributed by atoms with Gasteiger partial charge in [-0.25, -0.2) is 4.98 Å². The zero-order chi connectivity index (χ0) is 32.4. The Balaban J connectivity index is 1.15. The maximum atomic E-state index is 14.2. The minimum atomic E-state index is -4.60. The molecule has 0 aliphatic heterocycles. The summed E-state index contributed by atoms with van der Waals surface area (Å²) in [6.07, 6.45) is 6.29. The number of rotatable bonds is 9. The van der Waals surface area contributed by atoms with E-state index in [0.717, 1.165) is 31.7 Å². The van der Waals surface area contributed by atoms with Crippen LogP contribution in [0.15, 0.2) is 85.3 Å². The van der Waals surface area contributed by atoms with Crippen LogP contribution in [-0.2, 0) is 22.8 Å². The van der Waals surface area contributed by atoms with Crippen molar-refractivity contribution in [1.29, 1.82) is 0 Å². The summed E-state index contributed by atoms with van der Waals surface area (Å²) in [5, 5.41) is 6.24. The van der Waals surface area contributed by atoms with E-state index in [1.165, 1.54) is 18.5 Å². The molecule has 0 atom stereocenters. The highest BCUT2D eigenvalue weighted by atomic mass is 19.4. The van der Waals surface area contributed by atoms with Crippen molar-refractivity contribution in [2.75, 3.05) is 19.0 Å². The number of hydrogen-bond acceptors (Lipinski definition) is 5. The Bertz CT molecular complexity index is 1920. The molecule has 0 bridgehead atoms. The Morgan fingerprint density at radius 3 is 2.48 bits per heavy atom. The molecule has 1 aliphatic carbocycles. The monoisotopic (exact) mass is 629 g/mol. The molecule has 11 heteroatoms. The van der Waals surface area contributed by atoms with Crippen molar-refractivity contribution in [3.05, 3.63) is 102 Å². The molecule has 0 spiro atoms. The zero-order valence-electron chi connectivity index (χ0n) is 25.5. The lowest BCUT2D eigenvalue weighted by Gasteiger charge is -2.27. The summed E-state index contributed by atoms with van der Waals surface area (Å²) in [4.78, 5) is 30.2. The molecule has 2 aromatic carbocycles. The van der Waals surface area contributed by atoms with Gasteiger partial charge in [0.2, 0.25) is 11.7 Å². The van der Waals surface area contributed by atoms with Crippen molar-refractivity contribution in [3.63, 3.8) is 0 Å². The van der Waals surface area contributed by atoms with Crippen LogP contribution in [0.25, 0.3) is 27.7 Å². The highest BCUT2D eigenvalue weighted by molar-refractivity contribution is 6.09. The molecule has 0 radical (unpaired) electrons. The average Bonchev–Trinajstić information content (AvgIpc) is 3.65. The van der Waals surface area contributed by atoms with E-state index < -0.39 is 11.7 Å². The van der Waals surface area contributed by atoms with E-state index in [1.807, 2.05) is 0 Å². The van der Waals surface area contributed by atoms with Gasteiger partial charge in [-0.3, -0.25) is 9.59 Å². The van der Waals surface area contributed by atoms with Gasteiger partial charge in [0.05, 0.1) is 40.2 Å². The van der Waals surface area contributed by atoms with E-state index in [1.54, 1.807) is 83.9 Å². The van der Waals surface area contributed by atoms with Crippen LogP contribution in [0.4, 0.5) is 18.9 Å². The number of nitrogens with one attached hydrogen (secondary N) is 2. The number of benzene rings is 2. The summed E-state index contributed by atoms with van der Waals surface area (Å²) in [6.45, 7) is 0.589. The summed E-state index contributed by atoms with van der Waals surface area (Å²) in [5.74, 6) is -0.590. The Kier molecular flexibility index (Phi) is 8.79. The molecule has 3 aromatic heterocycles. The third kappa shape index (κ3) is 6.47. The van der Waals surface area contributed by atoms with Crippen LogP contribution < -0.4 is 10.6 Å². The van der Waals surface area contributed by atoms with Crippen LogP contribution in [0.3, 0.4) is 0 Å². The Morgan fingerprint density at radius 1 is 1.00 bits per heavy atom. The van der Waals surface area contributed by atoms with Crippen LogP contribution >= 0.6 is 0 Å². The lowest BCUT2D eigenvalue weighted by atomic mass is 9.93. The lowest BCUT2D eigenvalue weighted by Crippen LogP contribution is -2.35. The molecule has 1 aliphatic rings. The van der Waals surface area contributed by atoms with E-state index in [2.05, 4.69) is 15.6 Å². The van der Waals surface area contributed by atoms with Gasteiger partial charge in [0, 0.05) is 55.8 Å². The molecule has 6 rings (SSSR count). The molecule has 3 heterocycles. The number of carbonyl (C=O) groups is 2. The number of imidazole rings is 1. The molecule has 46 heavy (non-hydrogen) atoms. The number of nitrogens with zero attached hydrogens (tertiary/aromatic N) is 3. The van der Waals surface area contributed by atoms with Gasteiger partial charge in [0.15, 0.2) is 0 Å². The van der Waals surface area contributed by atoms with Gasteiger partial charge in [-0.15, -0.1) is 0 Å². The molecule has 1 saturated carbocycles. The van der Waals surface area contributed by atoms with Gasteiger partial charge in [0.1, 0.15) is 0 Å². The smallest absolute Gasteiger partial charge is 0.381 e. The molecule has 0 saturated heterocycles. The second kappa shape index (κ2) is 12.9. The molecule has 1 amide bonds. The Labute approximate surface area is 263 Å². The largest absolute Gasteiger partial charge is 0.417 e. The van der Waals surface area contributed by atoms with Crippen LogP contribution in [0.1, 0.15) is 47.3 Å². The maximum absolute atomic E-state index is 14.2. The fourth-order valence-electron chi connectivity index (χ4n) is 6.12. The standard InChI is InChI=1S/C35H34F3N5O3/c1-42-21-40-29-19-27(28(20-32(29)42)35(36,37)38)26-5-4-18-43-30(26)15-16-31(43)34(45)22-7-9-24(10-8-22)41-33(44)6-3-17-39-23-11-13-25(46-2)14-12-23/h3-10,15-16,18-21,23,25,39H,11-14,17H2,1-2H3,(H,41,44)/b6-3+. The highest BCUT2D eigenvalue weighted by Crippen LogP contribution is 2.41. The van der Waals surface area contributed by atoms with Crippen molar-refractivity contribution >= 4 is 33.9 Å². The molecular formula is C35H34F3N5O3. The zero-order valence-corrected chi connectivity index (χ0v) is 25.5. The van der Waals surface area contributed by atoms with Gasteiger partial charge in [-0.1, -0.05) is 12.1 Å². The summed E-state index contributed by atoms with van der Waals surface area (Å²) in [5.41, 5.74) is 2.02. The maximum Gasteiger partial charge on any atom is 0.417 e. The number of ether oxygens (including phenoxy) is 1. The first kappa shape index (κ1) is 31.3. The topological polar surface area (TPSA) is 89.7 Å². The number of aryl methyl sites for hydroxylation is 1. The van der Waals surface area contributed by atoms with Crippen molar-refractivity contribution in [2.24, 2.45) is 7.05 Å². The SMILES string of the molecule is COC1CCC(NC/C=C/C(=O)Nc2ccc(C(=O)c3ccc4c(-c5cc6ncn(C)c6cc5C(F)(F)F)cccn34)cc2)CC1. The van der Waals surface area contributed by atoms with E-state index in [0.29, 0.717) is 57.7 Å². The number of alkyl halides is 3. The number of anilines is 1. The minimum absolute atomic E-state index is 0.0134. The van der Waals surface area contributed by atoms with E-state index in [9.17, 15) is 22.8 Å². The van der Waals surface area contributed by atoms with Crippen LogP contribution in [0.2, 0.25) is 0 Å². The predicted molar refractivity (Wildman–Crippen MR) is 171 cm³/mol. The first-order valence-electron chi connectivity index (χ1n) is 15.1. The quantitative estimate of drug-likeness (QED) is 0.139. The number of fused-ring (bicyclic) bond motifs is 2. The lowest BCUT2D eigenvalue weighted by molar-refractivity contribution is -0.137. The molecule has 1 fully saturated rings. The van der Waals surface area contributed by atoms with Crippen molar-refractivity contribution in [1.82, 2.24) is 19.3 Å². The number of ketones is 1. The normalized spacial score (nSPS) is 17.2. The fourth-order valence-corrected chi connectivity index (χ4v) is 6.12. The third-order valence-corrected chi connectivity index (χ3v) is 8.60. The molecule has 0 unspecified atom stereocenters. The first-order valence-corrected chi connectivity index (χ1v) is 15.1. The summed E-state index contributed by atoms with van der Waals surface area (Å²) in [6, 6.07) is 16.0. The van der Waals surface area contributed by atoms with E-state index >= 15 is 0 Å². The van der Waals surface area contributed by atoms with Gasteiger partial charge in [0.25, 0.3) is 0 Å². The van der Waals surface area contributed by atoms with Crippen molar-refractivity contribution < 1.29 is 27.5 Å². The second-order valence-corrected chi connectivity index (χ2v) is 11.6. The summed E-state index contributed by atoms with van der Waals surface area (Å²) in [7, 11) is 3.39. The predicted octanol–water partition coefficient (Wildman–Crippen LogP) is 6.78. The molecule has 5 aromatic rings. The van der Waals surface area contributed by atoms with E-state index in [4.69, 9.17) is 4.74 Å². The minimum Gasteiger partial charge on any atom is -0.381 e.